The third kappa shape index (κ3) is 5.54. The number of piperidine rings is 1. The number of benzene rings is 2. The van der Waals surface area contributed by atoms with E-state index in [1.807, 2.05) is 95.5 Å². The number of fused-ring (bicyclic) bond motifs is 1. The van der Waals surface area contributed by atoms with Crippen LogP contribution in [0.3, 0.4) is 0 Å². The number of imidazole rings is 1. The lowest BCUT2D eigenvalue weighted by Crippen LogP contribution is -2.55. The lowest BCUT2D eigenvalue weighted by molar-refractivity contribution is 0.0274. The highest BCUT2D eigenvalue weighted by Crippen LogP contribution is 2.40. The van der Waals surface area contributed by atoms with Gasteiger partial charge < -0.3 is 19.6 Å². The zero-order valence-corrected chi connectivity index (χ0v) is 24.1. The molecule has 2 aromatic carbocycles. The number of likely N-dealkylation sites (tertiary alicyclic amines) is 1. The van der Waals surface area contributed by atoms with Gasteiger partial charge in [-0.2, -0.15) is 0 Å². The molecule has 0 bridgehead atoms. The summed E-state index contributed by atoms with van der Waals surface area (Å²) in [5, 5.41) is 10.1. The van der Waals surface area contributed by atoms with E-state index in [0.29, 0.717) is 53.4 Å². The van der Waals surface area contributed by atoms with Crippen LogP contribution in [-0.4, -0.2) is 68.1 Å². The summed E-state index contributed by atoms with van der Waals surface area (Å²) in [5.41, 5.74) is 1.18. The van der Waals surface area contributed by atoms with Crippen molar-refractivity contribution in [1.82, 2.24) is 23.9 Å². The number of hydrogen-bond donors (Lipinski definition) is 1. The van der Waals surface area contributed by atoms with Gasteiger partial charge in [0.15, 0.2) is 5.82 Å². The van der Waals surface area contributed by atoms with E-state index in [2.05, 4.69) is 9.98 Å². The van der Waals surface area contributed by atoms with E-state index < -0.39 is 17.6 Å². The number of aromatic nitrogens is 3. The van der Waals surface area contributed by atoms with E-state index in [0.717, 1.165) is 0 Å². The maximum Gasteiger partial charge on any atom is 0.407 e. The number of amides is 1. The molecule has 3 heterocycles. The van der Waals surface area contributed by atoms with Crippen LogP contribution in [0, 0.1) is 5.41 Å². The number of pyridine rings is 1. The van der Waals surface area contributed by atoms with E-state index in [9.17, 15) is 14.7 Å². The Hall–Kier alpha value is -4.60. The van der Waals surface area contributed by atoms with Crippen LogP contribution in [0.1, 0.15) is 39.7 Å². The molecule has 1 aliphatic rings. The number of carboxylic acid groups (broad SMARTS) is 1. The first kappa shape index (κ1) is 27.9. The topological polar surface area (TPSA) is 105 Å². The summed E-state index contributed by atoms with van der Waals surface area (Å²) in [6.07, 6.45) is 3.65. The van der Waals surface area contributed by atoms with Crippen molar-refractivity contribution in [3.63, 3.8) is 0 Å². The van der Waals surface area contributed by atoms with E-state index in [1.165, 1.54) is 4.90 Å². The van der Waals surface area contributed by atoms with Gasteiger partial charge >= 0.3 is 11.8 Å². The molecule has 1 fully saturated rings. The highest BCUT2D eigenvalue weighted by molar-refractivity contribution is 5.88. The molecule has 0 radical (unpaired) electrons. The number of hydrogen-bond acceptors (Lipinski definition) is 5. The predicted molar refractivity (Wildman–Crippen MR) is 160 cm³/mol. The Balaban J connectivity index is 1.70. The molecule has 2 aromatic heterocycles. The predicted octanol–water partition coefficient (Wildman–Crippen LogP) is 5.93. The summed E-state index contributed by atoms with van der Waals surface area (Å²) >= 11 is 0. The lowest BCUT2D eigenvalue weighted by Gasteiger charge is -2.47. The van der Waals surface area contributed by atoms with Crippen molar-refractivity contribution in [2.24, 2.45) is 10.4 Å². The average Bonchev–Trinajstić information content (AvgIpc) is 3.24. The molecule has 1 N–H and O–H groups in total. The molecule has 41 heavy (non-hydrogen) atoms. The first-order chi connectivity index (χ1) is 19.6. The average molecular weight is 557 g/mol. The number of rotatable bonds is 6. The summed E-state index contributed by atoms with van der Waals surface area (Å²) < 4.78 is 9.34. The molecule has 214 valence electrons. The van der Waals surface area contributed by atoms with Crippen molar-refractivity contribution >= 4 is 29.3 Å². The molecule has 0 saturated carbocycles. The van der Waals surface area contributed by atoms with Gasteiger partial charge in [0.05, 0.1) is 29.6 Å². The number of para-hydroxylation sites is 1. The van der Waals surface area contributed by atoms with Crippen LogP contribution < -0.4 is 10.4 Å². The first-order valence-electron chi connectivity index (χ1n) is 13.7. The van der Waals surface area contributed by atoms with Gasteiger partial charge in [0.1, 0.15) is 17.0 Å². The van der Waals surface area contributed by atoms with Crippen molar-refractivity contribution < 1.29 is 14.6 Å². The minimum atomic E-state index is -0.974. The van der Waals surface area contributed by atoms with E-state index >= 15 is 0 Å². The third-order valence-corrected chi connectivity index (χ3v) is 7.31. The zero-order valence-electron chi connectivity index (χ0n) is 24.1. The van der Waals surface area contributed by atoms with E-state index in [1.54, 1.807) is 26.6 Å². The van der Waals surface area contributed by atoms with Crippen LogP contribution in [0.5, 0.6) is 11.5 Å². The minimum Gasteiger partial charge on any atom is -0.465 e. The molecule has 1 amide bonds. The fourth-order valence-corrected chi connectivity index (χ4v) is 5.77. The zero-order chi connectivity index (χ0) is 29.3. The largest absolute Gasteiger partial charge is 0.465 e. The SMILES string of the molecule is CN(C)C=Nc1nccc2c1n(-c1ccc(Oc3ccccc3)cc1)c(=O)n2C1CCCN(C(=O)O)C1C(C)(C)C. The van der Waals surface area contributed by atoms with Gasteiger partial charge in [0, 0.05) is 26.8 Å². The molecule has 5 rings (SSSR count). The van der Waals surface area contributed by atoms with Crippen molar-refractivity contribution in [3.8, 4) is 17.2 Å². The monoisotopic (exact) mass is 556 g/mol. The molecule has 1 aliphatic heterocycles. The maximum atomic E-state index is 14.4. The van der Waals surface area contributed by atoms with Crippen LogP contribution in [-0.2, 0) is 0 Å². The van der Waals surface area contributed by atoms with Crippen LogP contribution >= 0.6 is 0 Å². The van der Waals surface area contributed by atoms with Gasteiger partial charge in [-0.1, -0.05) is 39.0 Å². The third-order valence-electron chi connectivity index (χ3n) is 7.31. The van der Waals surface area contributed by atoms with Crippen molar-refractivity contribution in [2.75, 3.05) is 20.6 Å². The Kier molecular flexibility index (Phi) is 7.57. The molecule has 10 nitrogen and oxygen atoms in total. The summed E-state index contributed by atoms with van der Waals surface area (Å²) in [6, 6.07) is 17.8. The van der Waals surface area contributed by atoms with Crippen molar-refractivity contribution in [3.05, 3.63) is 77.3 Å². The van der Waals surface area contributed by atoms with Gasteiger partial charge in [-0.3, -0.25) is 9.13 Å². The second-order valence-corrected chi connectivity index (χ2v) is 11.6. The van der Waals surface area contributed by atoms with E-state index in [4.69, 9.17) is 4.74 Å². The summed E-state index contributed by atoms with van der Waals surface area (Å²) in [7, 11) is 3.73. The van der Waals surface area contributed by atoms with Crippen LogP contribution in [0.25, 0.3) is 16.7 Å². The normalized spacial score (nSPS) is 17.7. The maximum absolute atomic E-state index is 14.4. The Bertz CT molecular complexity index is 1620. The fourth-order valence-electron chi connectivity index (χ4n) is 5.77. The Morgan fingerprint density at radius 2 is 1.76 bits per heavy atom. The number of nitrogens with zero attached hydrogens (tertiary/aromatic N) is 6. The summed E-state index contributed by atoms with van der Waals surface area (Å²) in [5.74, 6) is 1.75. The Labute approximate surface area is 239 Å². The van der Waals surface area contributed by atoms with Gasteiger partial charge in [-0.25, -0.2) is 19.6 Å². The summed E-state index contributed by atoms with van der Waals surface area (Å²) in [4.78, 5) is 39.2. The Morgan fingerprint density at radius 1 is 1.07 bits per heavy atom. The molecule has 0 aliphatic carbocycles. The smallest absolute Gasteiger partial charge is 0.407 e. The molecule has 0 spiro atoms. The lowest BCUT2D eigenvalue weighted by atomic mass is 9.77. The number of ether oxygens (including phenoxy) is 1. The summed E-state index contributed by atoms with van der Waals surface area (Å²) in [6.45, 7) is 6.51. The molecular formula is C31H36N6O4. The highest BCUT2D eigenvalue weighted by Gasteiger charge is 2.44. The number of carbonyl (C=O) groups is 1. The second-order valence-electron chi connectivity index (χ2n) is 11.6. The molecule has 4 aromatic rings. The van der Waals surface area contributed by atoms with Crippen LogP contribution in [0.4, 0.5) is 10.6 Å². The van der Waals surface area contributed by atoms with Crippen molar-refractivity contribution in [2.45, 2.75) is 45.7 Å². The molecule has 2 unspecified atom stereocenters. The van der Waals surface area contributed by atoms with Gasteiger partial charge in [0.25, 0.3) is 0 Å². The fraction of sp³-hybridized carbons (Fsp3) is 0.355. The molecule has 10 heteroatoms. The highest BCUT2D eigenvalue weighted by atomic mass is 16.5. The van der Waals surface area contributed by atoms with Gasteiger partial charge in [-0.15, -0.1) is 0 Å². The number of aliphatic imine (C=N–C) groups is 1. The Morgan fingerprint density at radius 3 is 2.39 bits per heavy atom. The standard InChI is InChI=1S/C31H36N6O4/c1-31(2,3)27-25(12-9-19-35(27)30(39)40)37-24-17-18-32-28(33-20-34(4)5)26(24)36(29(37)38)21-13-15-23(16-14-21)41-22-10-7-6-8-11-22/h6-8,10-11,13-18,20,25,27H,9,12,19H2,1-5H3,(H,39,40). The quantitative estimate of drug-likeness (QED) is 0.233. The molecule has 2 atom stereocenters. The first-order valence-corrected chi connectivity index (χ1v) is 13.7. The van der Waals surface area contributed by atoms with Crippen molar-refractivity contribution in [1.29, 1.82) is 0 Å². The molecule has 1 saturated heterocycles. The van der Waals surface area contributed by atoms with Crippen LogP contribution in [0.15, 0.2) is 76.6 Å². The van der Waals surface area contributed by atoms with Crippen LogP contribution in [0.2, 0.25) is 0 Å². The second kappa shape index (κ2) is 11.1. The van der Waals surface area contributed by atoms with E-state index in [-0.39, 0.29) is 11.7 Å². The van der Waals surface area contributed by atoms with Gasteiger partial charge in [0.2, 0.25) is 0 Å². The molecular weight excluding hydrogens is 520 g/mol. The minimum absolute atomic E-state index is 0.266. The van der Waals surface area contributed by atoms with Gasteiger partial charge in [-0.05, 0) is 60.7 Å².